The smallest absolute Gasteiger partial charge is 0.106 e. The molecule has 0 saturated carbocycles. The lowest BCUT2D eigenvalue weighted by Gasteiger charge is -2.20. The first kappa shape index (κ1) is 15.2. The number of halogens is 1. The van der Waals surface area contributed by atoms with E-state index in [1.165, 1.54) is 24.1 Å². The fourth-order valence-electron chi connectivity index (χ4n) is 1.71. The van der Waals surface area contributed by atoms with Crippen LogP contribution >= 0.6 is 27.3 Å². The normalized spacial score (nSPS) is 14.8. The van der Waals surface area contributed by atoms with Crippen LogP contribution in [0, 0.1) is 0 Å². The fourth-order valence-corrected chi connectivity index (χ4v) is 3.32. The standard InChI is InChI=1S/C13H22BrNOS/c1-3-4-5-6-7-16-13(10(2)15)12-8-11(14)9-17-12/h8-10,13H,3-7,15H2,1-2H3. The van der Waals surface area contributed by atoms with Crippen molar-refractivity contribution in [3.8, 4) is 0 Å². The Kier molecular flexibility index (Phi) is 7.35. The Morgan fingerprint density at radius 2 is 2.18 bits per heavy atom. The Hall–Kier alpha value is 0.1000. The van der Waals surface area contributed by atoms with Gasteiger partial charge >= 0.3 is 0 Å². The van der Waals surface area contributed by atoms with Crippen molar-refractivity contribution in [1.82, 2.24) is 0 Å². The summed E-state index contributed by atoms with van der Waals surface area (Å²) in [5, 5.41) is 2.07. The minimum absolute atomic E-state index is 0.0340. The molecule has 17 heavy (non-hydrogen) atoms. The third-order valence-corrected chi connectivity index (χ3v) is 4.40. The number of hydrogen-bond acceptors (Lipinski definition) is 3. The Bertz CT molecular complexity index is 314. The molecule has 0 amide bonds. The average Bonchev–Trinajstić information content (AvgIpc) is 2.69. The predicted molar refractivity (Wildman–Crippen MR) is 78.5 cm³/mol. The first-order valence-corrected chi connectivity index (χ1v) is 7.93. The lowest BCUT2D eigenvalue weighted by molar-refractivity contribution is 0.0382. The van der Waals surface area contributed by atoms with Crippen molar-refractivity contribution in [1.29, 1.82) is 0 Å². The third kappa shape index (κ3) is 5.51. The molecule has 2 nitrogen and oxygen atoms in total. The topological polar surface area (TPSA) is 35.2 Å². The zero-order valence-corrected chi connectivity index (χ0v) is 13.0. The summed E-state index contributed by atoms with van der Waals surface area (Å²) >= 11 is 5.17. The summed E-state index contributed by atoms with van der Waals surface area (Å²) < 4.78 is 7.02. The number of hydrogen-bond donors (Lipinski definition) is 1. The molecular weight excluding hydrogens is 298 g/mol. The van der Waals surface area contributed by atoms with Gasteiger partial charge in [0.15, 0.2) is 0 Å². The summed E-state index contributed by atoms with van der Waals surface area (Å²) in [5.41, 5.74) is 5.99. The zero-order chi connectivity index (χ0) is 12.7. The van der Waals surface area contributed by atoms with Crippen molar-refractivity contribution in [2.75, 3.05) is 6.61 Å². The highest BCUT2D eigenvalue weighted by Gasteiger charge is 2.18. The van der Waals surface area contributed by atoms with Crippen LogP contribution in [-0.4, -0.2) is 12.6 Å². The van der Waals surface area contributed by atoms with Crippen LogP contribution in [0.25, 0.3) is 0 Å². The molecule has 2 N–H and O–H groups in total. The summed E-state index contributed by atoms with van der Waals surface area (Å²) in [6.07, 6.45) is 4.96. The van der Waals surface area contributed by atoms with E-state index in [-0.39, 0.29) is 12.1 Å². The van der Waals surface area contributed by atoms with Crippen LogP contribution in [0.2, 0.25) is 0 Å². The van der Waals surface area contributed by atoms with E-state index in [2.05, 4.69) is 34.3 Å². The molecule has 2 atom stereocenters. The molecule has 0 saturated heterocycles. The highest BCUT2D eigenvalue weighted by atomic mass is 79.9. The number of ether oxygens (including phenoxy) is 1. The Balaban J connectivity index is 2.39. The van der Waals surface area contributed by atoms with Gasteiger partial charge in [-0.3, -0.25) is 0 Å². The fraction of sp³-hybridized carbons (Fsp3) is 0.692. The van der Waals surface area contributed by atoms with Gasteiger partial charge in [0, 0.05) is 27.4 Å². The predicted octanol–water partition coefficient (Wildman–Crippen LogP) is 4.50. The lowest BCUT2D eigenvalue weighted by atomic mass is 10.1. The molecular formula is C13H22BrNOS. The molecule has 0 bridgehead atoms. The van der Waals surface area contributed by atoms with Gasteiger partial charge in [-0.1, -0.05) is 26.2 Å². The van der Waals surface area contributed by atoms with Crippen LogP contribution in [0.5, 0.6) is 0 Å². The van der Waals surface area contributed by atoms with Crippen LogP contribution in [0.4, 0.5) is 0 Å². The molecule has 1 aromatic heterocycles. The maximum absolute atomic E-state index is 5.99. The molecule has 0 aromatic carbocycles. The Morgan fingerprint density at radius 3 is 2.71 bits per heavy atom. The molecule has 2 unspecified atom stereocenters. The highest BCUT2D eigenvalue weighted by molar-refractivity contribution is 9.10. The van der Waals surface area contributed by atoms with Gasteiger partial charge in [-0.2, -0.15) is 0 Å². The van der Waals surface area contributed by atoms with Crippen molar-refractivity contribution >= 4 is 27.3 Å². The minimum atomic E-state index is 0.0340. The van der Waals surface area contributed by atoms with Crippen LogP contribution in [0.3, 0.4) is 0 Å². The second-order valence-electron chi connectivity index (χ2n) is 4.38. The second-order valence-corrected chi connectivity index (χ2v) is 6.24. The molecule has 0 aliphatic carbocycles. The van der Waals surface area contributed by atoms with E-state index < -0.39 is 0 Å². The van der Waals surface area contributed by atoms with E-state index in [1.807, 2.05) is 6.92 Å². The summed E-state index contributed by atoms with van der Waals surface area (Å²) in [6.45, 7) is 5.03. The lowest BCUT2D eigenvalue weighted by Crippen LogP contribution is -2.26. The zero-order valence-electron chi connectivity index (χ0n) is 10.6. The van der Waals surface area contributed by atoms with Crippen molar-refractivity contribution in [3.63, 3.8) is 0 Å². The number of rotatable bonds is 8. The maximum atomic E-state index is 5.99. The summed E-state index contributed by atoms with van der Waals surface area (Å²) in [6, 6.07) is 2.14. The van der Waals surface area contributed by atoms with Crippen molar-refractivity contribution in [3.05, 3.63) is 20.8 Å². The van der Waals surface area contributed by atoms with E-state index in [0.717, 1.165) is 17.5 Å². The SMILES string of the molecule is CCCCCCOC(c1cc(Br)cs1)C(C)N. The first-order valence-electron chi connectivity index (χ1n) is 6.26. The summed E-state index contributed by atoms with van der Waals surface area (Å²) in [5.74, 6) is 0. The van der Waals surface area contributed by atoms with Crippen LogP contribution < -0.4 is 5.73 Å². The molecule has 4 heteroatoms. The number of unbranched alkanes of at least 4 members (excludes halogenated alkanes) is 3. The molecule has 0 radical (unpaired) electrons. The largest absolute Gasteiger partial charge is 0.371 e. The molecule has 98 valence electrons. The van der Waals surface area contributed by atoms with Gasteiger partial charge in [0.05, 0.1) is 0 Å². The van der Waals surface area contributed by atoms with E-state index in [9.17, 15) is 0 Å². The van der Waals surface area contributed by atoms with Gasteiger partial charge in [0.25, 0.3) is 0 Å². The second kappa shape index (κ2) is 8.25. The maximum Gasteiger partial charge on any atom is 0.106 e. The van der Waals surface area contributed by atoms with Crippen LogP contribution in [-0.2, 0) is 4.74 Å². The minimum Gasteiger partial charge on any atom is -0.371 e. The van der Waals surface area contributed by atoms with Crippen LogP contribution in [0.15, 0.2) is 15.9 Å². The monoisotopic (exact) mass is 319 g/mol. The van der Waals surface area contributed by atoms with E-state index in [0.29, 0.717) is 0 Å². The van der Waals surface area contributed by atoms with E-state index >= 15 is 0 Å². The molecule has 0 spiro atoms. The average molecular weight is 320 g/mol. The Labute approximate surface area is 117 Å². The van der Waals surface area contributed by atoms with Gasteiger partial charge in [0.1, 0.15) is 6.10 Å². The molecule has 1 rings (SSSR count). The van der Waals surface area contributed by atoms with Gasteiger partial charge in [-0.15, -0.1) is 11.3 Å². The van der Waals surface area contributed by atoms with Gasteiger partial charge in [0.2, 0.25) is 0 Å². The highest BCUT2D eigenvalue weighted by Crippen LogP contribution is 2.29. The third-order valence-electron chi connectivity index (χ3n) is 2.64. The van der Waals surface area contributed by atoms with Crippen molar-refractivity contribution in [2.45, 2.75) is 51.7 Å². The van der Waals surface area contributed by atoms with Gasteiger partial charge in [-0.05, 0) is 35.3 Å². The molecule has 1 heterocycles. The van der Waals surface area contributed by atoms with E-state index in [1.54, 1.807) is 11.3 Å². The van der Waals surface area contributed by atoms with Crippen molar-refractivity contribution < 1.29 is 4.74 Å². The van der Waals surface area contributed by atoms with Gasteiger partial charge in [-0.25, -0.2) is 0 Å². The van der Waals surface area contributed by atoms with E-state index in [4.69, 9.17) is 10.5 Å². The quantitative estimate of drug-likeness (QED) is 0.716. The molecule has 1 aromatic rings. The molecule has 0 aliphatic heterocycles. The summed E-state index contributed by atoms with van der Waals surface area (Å²) in [7, 11) is 0. The van der Waals surface area contributed by atoms with Crippen molar-refractivity contribution in [2.24, 2.45) is 5.73 Å². The summed E-state index contributed by atoms with van der Waals surface area (Å²) in [4.78, 5) is 1.21. The Morgan fingerprint density at radius 1 is 1.41 bits per heavy atom. The number of thiophene rings is 1. The number of nitrogens with two attached hydrogens (primary N) is 1. The molecule has 0 aliphatic rings. The van der Waals surface area contributed by atoms with Gasteiger partial charge < -0.3 is 10.5 Å². The van der Waals surface area contributed by atoms with Crippen LogP contribution in [0.1, 0.15) is 50.5 Å². The first-order chi connectivity index (χ1) is 8.15. The molecule has 0 fully saturated rings.